The molecular formula is C11H17N3O2S. The average molecular weight is 255 g/mol. The van der Waals surface area contributed by atoms with Gasteiger partial charge in [-0.15, -0.1) is 11.3 Å². The van der Waals surface area contributed by atoms with Gasteiger partial charge in [0.1, 0.15) is 6.10 Å². The highest BCUT2D eigenvalue weighted by Gasteiger charge is 2.25. The van der Waals surface area contributed by atoms with Gasteiger partial charge in [0, 0.05) is 25.5 Å². The van der Waals surface area contributed by atoms with E-state index in [1.807, 2.05) is 12.3 Å². The van der Waals surface area contributed by atoms with Crippen LogP contribution in [-0.4, -0.2) is 48.6 Å². The Kier molecular flexibility index (Phi) is 4.09. The monoisotopic (exact) mass is 255 g/mol. The van der Waals surface area contributed by atoms with Crippen LogP contribution in [0.25, 0.3) is 0 Å². The molecule has 1 saturated heterocycles. The average Bonchev–Trinajstić information content (AvgIpc) is 2.75. The van der Waals surface area contributed by atoms with Crippen LogP contribution < -0.4 is 5.32 Å². The van der Waals surface area contributed by atoms with E-state index in [0.29, 0.717) is 19.7 Å². The van der Waals surface area contributed by atoms with Gasteiger partial charge in [-0.3, -0.25) is 4.79 Å². The Hall–Kier alpha value is -0.980. The van der Waals surface area contributed by atoms with Gasteiger partial charge in [0.05, 0.1) is 23.9 Å². The van der Waals surface area contributed by atoms with Gasteiger partial charge in [-0.25, -0.2) is 4.98 Å². The fourth-order valence-electron chi connectivity index (χ4n) is 1.77. The molecule has 0 radical (unpaired) electrons. The van der Waals surface area contributed by atoms with E-state index >= 15 is 0 Å². The lowest BCUT2D eigenvalue weighted by Crippen LogP contribution is -2.48. The number of likely N-dealkylation sites (N-methyl/N-ethyl adjacent to an activating group) is 1. The first kappa shape index (κ1) is 12.5. The molecule has 1 aliphatic heterocycles. The van der Waals surface area contributed by atoms with Gasteiger partial charge in [0.2, 0.25) is 0 Å². The smallest absolute Gasteiger partial charge is 0.253 e. The molecule has 1 N–H and O–H groups in total. The first-order valence-electron chi connectivity index (χ1n) is 5.65. The molecule has 2 heterocycles. The van der Waals surface area contributed by atoms with E-state index in [1.54, 1.807) is 23.3 Å². The summed E-state index contributed by atoms with van der Waals surface area (Å²) < 4.78 is 5.43. The van der Waals surface area contributed by atoms with Crippen molar-refractivity contribution in [1.82, 2.24) is 15.2 Å². The largest absolute Gasteiger partial charge is 0.366 e. The number of thiazole rings is 1. The SMILES string of the molecule is Cc1nc(CN(C)C(=O)C2CNCCO2)cs1. The molecule has 17 heavy (non-hydrogen) atoms. The highest BCUT2D eigenvalue weighted by Crippen LogP contribution is 2.11. The number of nitrogens with zero attached hydrogens (tertiary/aromatic N) is 2. The molecule has 1 aromatic heterocycles. The third-order valence-corrected chi connectivity index (χ3v) is 3.47. The molecule has 94 valence electrons. The lowest BCUT2D eigenvalue weighted by Gasteiger charge is -2.26. The Morgan fingerprint density at radius 1 is 1.76 bits per heavy atom. The van der Waals surface area contributed by atoms with Crippen LogP contribution >= 0.6 is 11.3 Å². The Bertz CT molecular complexity index is 388. The molecule has 0 saturated carbocycles. The van der Waals surface area contributed by atoms with Crippen LogP contribution in [0.1, 0.15) is 10.7 Å². The predicted molar refractivity (Wildman–Crippen MR) is 65.9 cm³/mol. The summed E-state index contributed by atoms with van der Waals surface area (Å²) in [6, 6.07) is 0. The van der Waals surface area contributed by atoms with Crippen molar-refractivity contribution in [2.45, 2.75) is 19.6 Å². The molecule has 1 amide bonds. The first-order valence-corrected chi connectivity index (χ1v) is 6.53. The highest BCUT2D eigenvalue weighted by atomic mass is 32.1. The Morgan fingerprint density at radius 2 is 2.59 bits per heavy atom. The number of hydrogen-bond donors (Lipinski definition) is 1. The minimum absolute atomic E-state index is 0.0165. The van der Waals surface area contributed by atoms with E-state index in [4.69, 9.17) is 4.74 Å². The maximum absolute atomic E-state index is 12.0. The molecule has 1 aliphatic rings. The summed E-state index contributed by atoms with van der Waals surface area (Å²) in [5.74, 6) is 0.0165. The molecule has 0 bridgehead atoms. The third kappa shape index (κ3) is 3.24. The van der Waals surface area contributed by atoms with Gasteiger partial charge >= 0.3 is 0 Å². The van der Waals surface area contributed by atoms with Crippen LogP contribution in [0.5, 0.6) is 0 Å². The molecule has 0 aliphatic carbocycles. The molecule has 1 aromatic rings. The van der Waals surface area contributed by atoms with Crippen LogP contribution in [0.15, 0.2) is 5.38 Å². The zero-order valence-electron chi connectivity index (χ0n) is 10.1. The minimum atomic E-state index is -0.353. The van der Waals surface area contributed by atoms with Crippen LogP contribution in [0.3, 0.4) is 0 Å². The number of nitrogens with one attached hydrogen (secondary N) is 1. The summed E-state index contributed by atoms with van der Waals surface area (Å²) in [5, 5.41) is 6.16. The van der Waals surface area contributed by atoms with Crippen LogP contribution in [-0.2, 0) is 16.1 Å². The van der Waals surface area contributed by atoms with Crippen molar-refractivity contribution in [1.29, 1.82) is 0 Å². The van der Waals surface area contributed by atoms with E-state index in [-0.39, 0.29) is 12.0 Å². The number of aromatic nitrogens is 1. The number of hydrogen-bond acceptors (Lipinski definition) is 5. The minimum Gasteiger partial charge on any atom is -0.366 e. The molecular weight excluding hydrogens is 238 g/mol. The Labute approximate surface area is 105 Å². The molecule has 1 atom stereocenters. The molecule has 0 aromatic carbocycles. The van der Waals surface area contributed by atoms with Crippen molar-refractivity contribution in [3.63, 3.8) is 0 Å². The van der Waals surface area contributed by atoms with Crippen molar-refractivity contribution < 1.29 is 9.53 Å². The summed E-state index contributed by atoms with van der Waals surface area (Å²) in [4.78, 5) is 18.1. The zero-order valence-corrected chi connectivity index (χ0v) is 10.9. The predicted octanol–water partition coefficient (Wildman–Crippen LogP) is 0.398. The lowest BCUT2D eigenvalue weighted by molar-refractivity contribution is -0.144. The highest BCUT2D eigenvalue weighted by molar-refractivity contribution is 7.09. The fraction of sp³-hybridized carbons (Fsp3) is 0.636. The molecule has 6 heteroatoms. The van der Waals surface area contributed by atoms with Gasteiger partial charge < -0.3 is 15.0 Å². The summed E-state index contributed by atoms with van der Waals surface area (Å²) >= 11 is 1.60. The van der Waals surface area contributed by atoms with E-state index in [9.17, 15) is 4.79 Å². The van der Waals surface area contributed by atoms with Crippen molar-refractivity contribution in [2.75, 3.05) is 26.7 Å². The van der Waals surface area contributed by atoms with E-state index < -0.39 is 0 Å². The summed E-state index contributed by atoms with van der Waals surface area (Å²) in [7, 11) is 1.79. The van der Waals surface area contributed by atoms with Crippen molar-refractivity contribution >= 4 is 17.2 Å². The normalized spacial score (nSPS) is 20.2. The quantitative estimate of drug-likeness (QED) is 0.849. The number of aryl methyl sites for hydroxylation is 1. The summed E-state index contributed by atoms with van der Waals surface area (Å²) in [6.45, 7) is 4.52. The molecule has 1 unspecified atom stereocenters. The molecule has 0 spiro atoms. The second-order valence-corrected chi connectivity index (χ2v) is 5.18. The van der Waals surface area contributed by atoms with Crippen LogP contribution in [0, 0.1) is 6.92 Å². The van der Waals surface area contributed by atoms with Gasteiger partial charge in [0.25, 0.3) is 5.91 Å². The number of carbonyl (C=O) groups excluding carboxylic acids is 1. The maximum atomic E-state index is 12.0. The van der Waals surface area contributed by atoms with Gasteiger partial charge in [-0.05, 0) is 6.92 Å². The standard InChI is InChI=1S/C11H17N3O2S/c1-8-13-9(7-17-8)6-14(2)11(15)10-5-12-3-4-16-10/h7,10,12H,3-6H2,1-2H3. The molecule has 5 nitrogen and oxygen atoms in total. The number of carbonyl (C=O) groups is 1. The Balaban J connectivity index is 1.90. The molecule has 1 fully saturated rings. The van der Waals surface area contributed by atoms with Crippen LogP contribution in [0.2, 0.25) is 0 Å². The number of morpholine rings is 1. The lowest BCUT2D eigenvalue weighted by atomic mass is 10.2. The number of amides is 1. The fourth-order valence-corrected chi connectivity index (χ4v) is 2.38. The third-order valence-electron chi connectivity index (χ3n) is 2.65. The zero-order chi connectivity index (χ0) is 12.3. The molecule has 2 rings (SSSR count). The van der Waals surface area contributed by atoms with Gasteiger partial charge in [0.15, 0.2) is 0 Å². The second-order valence-electron chi connectivity index (χ2n) is 4.12. The van der Waals surface area contributed by atoms with Gasteiger partial charge in [-0.2, -0.15) is 0 Å². The Morgan fingerprint density at radius 3 is 3.18 bits per heavy atom. The maximum Gasteiger partial charge on any atom is 0.253 e. The summed E-state index contributed by atoms with van der Waals surface area (Å²) in [6.07, 6.45) is -0.353. The second kappa shape index (κ2) is 5.57. The van der Waals surface area contributed by atoms with Crippen molar-refractivity contribution in [3.8, 4) is 0 Å². The van der Waals surface area contributed by atoms with Crippen LogP contribution in [0.4, 0.5) is 0 Å². The van der Waals surface area contributed by atoms with Crippen molar-refractivity contribution in [2.24, 2.45) is 0 Å². The van der Waals surface area contributed by atoms with E-state index in [1.165, 1.54) is 0 Å². The van der Waals surface area contributed by atoms with E-state index in [0.717, 1.165) is 17.2 Å². The topological polar surface area (TPSA) is 54.5 Å². The summed E-state index contributed by atoms with van der Waals surface area (Å²) in [5.41, 5.74) is 0.937. The number of ether oxygens (including phenoxy) is 1. The van der Waals surface area contributed by atoms with Gasteiger partial charge in [-0.1, -0.05) is 0 Å². The van der Waals surface area contributed by atoms with E-state index in [2.05, 4.69) is 10.3 Å². The number of rotatable bonds is 3. The first-order chi connectivity index (χ1) is 8.16. The van der Waals surface area contributed by atoms with Crippen molar-refractivity contribution in [3.05, 3.63) is 16.1 Å².